The molecule has 2 N–H and O–H groups in total. The third-order valence-corrected chi connectivity index (χ3v) is 2.52. The van der Waals surface area contributed by atoms with Crippen LogP contribution >= 0.6 is 0 Å². The van der Waals surface area contributed by atoms with Gasteiger partial charge in [0, 0.05) is 0 Å². The predicted octanol–water partition coefficient (Wildman–Crippen LogP) is 1.91. The monoisotopic (exact) mass is 223 g/mol. The molecule has 1 atom stereocenters. The molecule has 1 rings (SSSR count). The Hall–Kier alpha value is -1.16. The van der Waals surface area contributed by atoms with Gasteiger partial charge in [-0.3, -0.25) is 4.98 Å². The van der Waals surface area contributed by atoms with Gasteiger partial charge in [0.25, 0.3) is 0 Å². The van der Waals surface area contributed by atoms with Gasteiger partial charge in [0.1, 0.15) is 5.82 Å². The molecule has 0 radical (unpaired) electrons. The van der Waals surface area contributed by atoms with Gasteiger partial charge in [0.2, 0.25) is 0 Å². The third kappa shape index (κ3) is 3.77. The van der Waals surface area contributed by atoms with E-state index in [1.807, 2.05) is 13.8 Å². The van der Waals surface area contributed by atoms with Gasteiger partial charge in [-0.1, -0.05) is 13.8 Å². The van der Waals surface area contributed by atoms with Crippen LogP contribution in [0.5, 0.6) is 0 Å². The maximum Gasteiger partial charge on any atom is 0.145 e. The first-order valence-electron chi connectivity index (χ1n) is 5.70. The summed E-state index contributed by atoms with van der Waals surface area (Å²) in [7, 11) is 0. The molecule has 1 heterocycles. The van der Waals surface area contributed by atoms with Gasteiger partial charge in [0.15, 0.2) is 0 Å². The Labute approximate surface area is 97.1 Å². The lowest BCUT2D eigenvalue weighted by Gasteiger charge is -2.18. The molecule has 0 aliphatic carbocycles. The Bertz CT molecular complexity index is 339. The number of aromatic nitrogens is 2. The van der Waals surface area contributed by atoms with Gasteiger partial charge in [0.05, 0.1) is 30.2 Å². The summed E-state index contributed by atoms with van der Waals surface area (Å²) in [5, 5.41) is 12.5. The summed E-state index contributed by atoms with van der Waals surface area (Å²) in [5.74, 6) is 1.28. The summed E-state index contributed by atoms with van der Waals surface area (Å²) in [6, 6.07) is 0.0522. The van der Waals surface area contributed by atoms with Crippen molar-refractivity contribution in [2.75, 3.05) is 11.9 Å². The molecule has 4 nitrogen and oxygen atoms in total. The van der Waals surface area contributed by atoms with Crippen molar-refractivity contribution in [3.05, 3.63) is 17.6 Å². The predicted molar refractivity (Wildman–Crippen MR) is 65.5 cm³/mol. The van der Waals surface area contributed by atoms with E-state index in [0.29, 0.717) is 5.92 Å². The van der Waals surface area contributed by atoms with Gasteiger partial charge in [-0.05, 0) is 26.2 Å². The maximum atomic E-state index is 9.25. The second-order valence-electron chi connectivity index (χ2n) is 4.58. The van der Waals surface area contributed by atoms with E-state index in [9.17, 15) is 5.11 Å². The molecule has 1 aromatic rings. The van der Waals surface area contributed by atoms with E-state index in [4.69, 9.17) is 0 Å². The van der Waals surface area contributed by atoms with Crippen LogP contribution in [0.3, 0.4) is 0 Å². The summed E-state index contributed by atoms with van der Waals surface area (Å²) in [6.07, 6.45) is 2.64. The van der Waals surface area contributed by atoms with E-state index < -0.39 is 0 Å². The minimum Gasteiger partial charge on any atom is -0.394 e. The largest absolute Gasteiger partial charge is 0.394 e. The number of nitrogens with one attached hydrogen (secondary N) is 1. The summed E-state index contributed by atoms with van der Waals surface area (Å²) < 4.78 is 0. The zero-order valence-corrected chi connectivity index (χ0v) is 10.5. The van der Waals surface area contributed by atoms with Crippen LogP contribution in [0.2, 0.25) is 0 Å². The molecule has 1 aromatic heterocycles. The minimum atomic E-state index is 0.0522. The van der Waals surface area contributed by atoms with Gasteiger partial charge in [-0.2, -0.15) is 0 Å². The van der Waals surface area contributed by atoms with Gasteiger partial charge in [-0.25, -0.2) is 4.98 Å². The normalized spacial score (nSPS) is 12.9. The van der Waals surface area contributed by atoms with Gasteiger partial charge in [-0.15, -0.1) is 0 Å². The highest BCUT2D eigenvalue weighted by atomic mass is 16.3. The topological polar surface area (TPSA) is 58.0 Å². The van der Waals surface area contributed by atoms with Crippen molar-refractivity contribution in [3.8, 4) is 0 Å². The third-order valence-electron chi connectivity index (χ3n) is 2.52. The molecular weight excluding hydrogens is 202 g/mol. The van der Waals surface area contributed by atoms with Crippen molar-refractivity contribution in [1.29, 1.82) is 0 Å². The molecule has 0 aliphatic heterocycles. The number of aliphatic hydroxyl groups excluding tert-OH is 1. The number of rotatable bonds is 5. The lowest BCUT2D eigenvalue weighted by atomic mass is 10.0. The fourth-order valence-corrected chi connectivity index (χ4v) is 1.57. The Morgan fingerprint density at radius 1 is 1.31 bits per heavy atom. The average molecular weight is 223 g/mol. The molecule has 1 unspecified atom stereocenters. The first-order chi connectivity index (χ1) is 7.52. The Kier molecular flexibility index (Phi) is 4.68. The average Bonchev–Trinajstić information content (AvgIpc) is 2.22. The van der Waals surface area contributed by atoms with Crippen LogP contribution in [0.4, 0.5) is 5.82 Å². The van der Waals surface area contributed by atoms with Crippen molar-refractivity contribution in [2.45, 2.75) is 40.2 Å². The Balaban J connectivity index is 2.66. The summed E-state index contributed by atoms with van der Waals surface area (Å²) in [6.45, 7) is 8.26. The van der Waals surface area contributed by atoms with Gasteiger partial charge >= 0.3 is 0 Å². The Morgan fingerprint density at radius 2 is 2.00 bits per heavy atom. The molecule has 4 heteroatoms. The summed E-state index contributed by atoms with van der Waals surface area (Å²) in [4.78, 5) is 8.62. The fourth-order valence-electron chi connectivity index (χ4n) is 1.57. The smallest absolute Gasteiger partial charge is 0.145 e. The van der Waals surface area contributed by atoms with Gasteiger partial charge < -0.3 is 10.4 Å². The molecule has 0 aliphatic rings. The van der Waals surface area contributed by atoms with E-state index in [2.05, 4.69) is 29.1 Å². The van der Waals surface area contributed by atoms with Crippen molar-refractivity contribution in [1.82, 2.24) is 9.97 Å². The minimum absolute atomic E-state index is 0.0522. The van der Waals surface area contributed by atoms with Crippen LogP contribution in [0, 0.1) is 19.8 Å². The van der Waals surface area contributed by atoms with Crippen LogP contribution in [0.25, 0.3) is 0 Å². The molecule has 0 amide bonds. The zero-order chi connectivity index (χ0) is 12.1. The number of anilines is 1. The molecule has 0 aromatic carbocycles. The standard InChI is InChI=1S/C12H21N3O/c1-8(2)5-11(7-16)15-12-6-13-9(3)10(4)14-12/h6,8,11,16H,5,7H2,1-4H3,(H,14,15). The zero-order valence-electron chi connectivity index (χ0n) is 10.5. The summed E-state index contributed by atoms with van der Waals surface area (Å²) in [5.41, 5.74) is 1.86. The molecule has 0 spiro atoms. The van der Waals surface area contributed by atoms with Crippen molar-refractivity contribution in [2.24, 2.45) is 5.92 Å². The lowest BCUT2D eigenvalue weighted by molar-refractivity contribution is 0.259. The first kappa shape index (κ1) is 12.9. The number of nitrogens with zero attached hydrogens (tertiary/aromatic N) is 2. The number of hydrogen-bond donors (Lipinski definition) is 2. The first-order valence-corrected chi connectivity index (χ1v) is 5.70. The van der Waals surface area contributed by atoms with Crippen molar-refractivity contribution < 1.29 is 5.11 Å². The van der Waals surface area contributed by atoms with Crippen molar-refractivity contribution >= 4 is 5.82 Å². The molecule has 16 heavy (non-hydrogen) atoms. The highest BCUT2D eigenvalue weighted by Gasteiger charge is 2.10. The fraction of sp³-hybridized carbons (Fsp3) is 0.667. The van der Waals surface area contributed by atoms with E-state index in [1.165, 1.54) is 0 Å². The molecule has 0 bridgehead atoms. The second-order valence-corrected chi connectivity index (χ2v) is 4.58. The van der Waals surface area contributed by atoms with Crippen LogP contribution < -0.4 is 5.32 Å². The molecular formula is C12H21N3O. The van der Waals surface area contributed by atoms with Crippen LogP contribution in [-0.2, 0) is 0 Å². The molecule has 0 saturated heterocycles. The van der Waals surface area contributed by atoms with Crippen LogP contribution in [-0.4, -0.2) is 27.7 Å². The maximum absolute atomic E-state index is 9.25. The van der Waals surface area contributed by atoms with E-state index in [0.717, 1.165) is 23.6 Å². The lowest BCUT2D eigenvalue weighted by Crippen LogP contribution is -2.26. The second kappa shape index (κ2) is 5.80. The molecule has 0 fully saturated rings. The Morgan fingerprint density at radius 3 is 2.50 bits per heavy atom. The van der Waals surface area contributed by atoms with Crippen LogP contribution in [0.1, 0.15) is 31.7 Å². The highest BCUT2D eigenvalue weighted by Crippen LogP contribution is 2.11. The number of hydrogen-bond acceptors (Lipinski definition) is 4. The number of aliphatic hydroxyl groups is 1. The quantitative estimate of drug-likeness (QED) is 0.800. The molecule has 90 valence electrons. The molecule has 0 saturated carbocycles. The van der Waals surface area contributed by atoms with Crippen molar-refractivity contribution in [3.63, 3.8) is 0 Å². The highest BCUT2D eigenvalue weighted by molar-refractivity contribution is 5.34. The SMILES string of the molecule is Cc1ncc(NC(CO)CC(C)C)nc1C. The van der Waals surface area contributed by atoms with E-state index >= 15 is 0 Å². The van der Waals surface area contributed by atoms with Crippen LogP contribution in [0.15, 0.2) is 6.20 Å². The van der Waals surface area contributed by atoms with E-state index in [1.54, 1.807) is 6.20 Å². The van der Waals surface area contributed by atoms with E-state index in [-0.39, 0.29) is 12.6 Å². The summed E-state index contributed by atoms with van der Waals surface area (Å²) >= 11 is 0. The number of aryl methyl sites for hydroxylation is 2.